The van der Waals surface area contributed by atoms with Crippen LogP contribution in [0, 0.1) is 0 Å². The summed E-state index contributed by atoms with van der Waals surface area (Å²) < 4.78 is 25.0. The molecule has 7 heteroatoms. The summed E-state index contributed by atoms with van der Waals surface area (Å²) in [6.07, 6.45) is 0. The number of rotatable bonds is 5. The maximum atomic E-state index is 12.1. The van der Waals surface area contributed by atoms with E-state index >= 15 is 0 Å². The van der Waals surface area contributed by atoms with Gasteiger partial charge in [0, 0.05) is 12.6 Å². The van der Waals surface area contributed by atoms with E-state index < -0.39 is 22.0 Å². The van der Waals surface area contributed by atoms with Crippen molar-refractivity contribution in [2.24, 2.45) is 0 Å². The van der Waals surface area contributed by atoms with Gasteiger partial charge >= 0.3 is 5.97 Å². The SMILES string of the molecule is CC(=O)c1ccc(S(=O)(=O)N(C)C(C)C(=O)O)cc1. The number of hydrogen-bond acceptors (Lipinski definition) is 4. The average Bonchev–Trinajstić information content (AvgIpc) is 2.36. The van der Waals surface area contributed by atoms with Crippen LogP contribution >= 0.6 is 0 Å². The van der Waals surface area contributed by atoms with E-state index in [1.807, 2.05) is 0 Å². The molecule has 0 heterocycles. The van der Waals surface area contributed by atoms with Gasteiger partial charge < -0.3 is 5.11 Å². The lowest BCUT2D eigenvalue weighted by Crippen LogP contribution is -2.40. The van der Waals surface area contributed by atoms with Gasteiger partial charge in [-0.2, -0.15) is 4.31 Å². The minimum atomic E-state index is -3.88. The number of benzene rings is 1. The van der Waals surface area contributed by atoms with Crippen LogP contribution < -0.4 is 0 Å². The predicted octanol–water partition coefficient (Wildman–Crippen LogP) is 0.983. The fraction of sp³-hybridized carbons (Fsp3) is 0.333. The number of ketones is 1. The van der Waals surface area contributed by atoms with Crippen molar-refractivity contribution in [3.63, 3.8) is 0 Å². The molecule has 0 aliphatic heterocycles. The van der Waals surface area contributed by atoms with Crippen LogP contribution in [-0.2, 0) is 14.8 Å². The highest BCUT2D eigenvalue weighted by atomic mass is 32.2. The Morgan fingerprint density at radius 2 is 1.68 bits per heavy atom. The van der Waals surface area contributed by atoms with Gasteiger partial charge in [0.15, 0.2) is 5.78 Å². The Hall–Kier alpha value is -1.73. The van der Waals surface area contributed by atoms with Gasteiger partial charge in [0.05, 0.1) is 4.90 Å². The monoisotopic (exact) mass is 285 g/mol. The zero-order chi connectivity index (χ0) is 14.8. The maximum absolute atomic E-state index is 12.1. The molecule has 0 radical (unpaired) electrons. The summed E-state index contributed by atoms with van der Waals surface area (Å²) in [6.45, 7) is 2.66. The zero-order valence-electron chi connectivity index (χ0n) is 10.8. The Balaban J connectivity index is 3.13. The summed E-state index contributed by atoms with van der Waals surface area (Å²) in [5.74, 6) is -1.40. The van der Waals surface area contributed by atoms with Crippen LogP contribution in [0.25, 0.3) is 0 Å². The Morgan fingerprint density at radius 1 is 1.21 bits per heavy atom. The molecule has 0 saturated heterocycles. The molecular formula is C12H15NO5S. The molecule has 104 valence electrons. The third-order valence-electron chi connectivity index (χ3n) is 2.84. The van der Waals surface area contributed by atoms with Gasteiger partial charge in [-0.05, 0) is 26.0 Å². The van der Waals surface area contributed by atoms with E-state index in [0.717, 1.165) is 4.31 Å². The van der Waals surface area contributed by atoms with Gasteiger partial charge in [0.25, 0.3) is 0 Å². The molecule has 1 unspecified atom stereocenters. The van der Waals surface area contributed by atoms with Crippen LogP contribution in [0.15, 0.2) is 29.2 Å². The standard InChI is InChI=1S/C12H15NO5S/c1-8(12(15)16)13(3)19(17,18)11-6-4-10(5-7-11)9(2)14/h4-8H,1-3H3,(H,15,16). The molecule has 19 heavy (non-hydrogen) atoms. The van der Waals surface area contributed by atoms with E-state index in [1.165, 1.54) is 45.2 Å². The summed E-state index contributed by atoms with van der Waals surface area (Å²) in [7, 11) is -2.68. The van der Waals surface area contributed by atoms with Crippen molar-refractivity contribution in [1.29, 1.82) is 0 Å². The van der Waals surface area contributed by atoms with Crippen LogP contribution in [0.2, 0.25) is 0 Å². The first-order valence-corrected chi connectivity index (χ1v) is 6.93. The molecule has 1 rings (SSSR count). The number of aliphatic carboxylic acids is 1. The fourth-order valence-corrected chi connectivity index (χ4v) is 2.71. The van der Waals surface area contributed by atoms with Crippen LogP contribution in [0.3, 0.4) is 0 Å². The summed E-state index contributed by atoms with van der Waals surface area (Å²) in [6, 6.07) is 4.20. The van der Waals surface area contributed by atoms with Crippen molar-refractivity contribution in [2.45, 2.75) is 24.8 Å². The van der Waals surface area contributed by atoms with E-state index in [9.17, 15) is 18.0 Å². The van der Waals surface area contributed by atoms with Crippen molar-refractivity contribution in [3.8, 4) is 0 Å². The summed E-state index contributed by atoms with van der Waals surface area (Å²) in [5, 5.41) is 8.83. The number of carbonyl (C=O) groups is 2. The van der Waals surface area contributed by atoms with Crippen LogP contribution in [0.4, 0.5) is 0 Å². The van der Waals surface area contributed by atoms with Gasteiger partial charge in [-0.1, -0.05) is 12.1 Å². The molecule has 0 bridgehead atoms. The quantitative estimate of drug-likeness (QED) is 0.814. The number of carboxylic acid groups (broad SMARTS) is 1. The molecule has 1 aromatic carbocycles. The molecule has 0 saturated carbocycles. The van der Waals surface area contributed by atoms with E-state index in [2.05, 4.69) is 0 Å². The Morgan fingerprint density at radius 3 is 2.05 bits per heavy atom. The molecule has 0 amide bonds. The highest BCUT2D eigenvalue weighted by Gasteiger charge is 2.29. The predicted molar refractivity (Wildman–Crippen MR) is 68.5 cm³/mol. The maximum Gasteiger partial charge on any atom is 0.321 e. The molecule has 1 aromatic rings. The van der Waals surface area contributed by atoms with Crippen LogP contribution in [-0.4, -0.2) is 42.7 Å². The van der Waals surface area contributed by atoms with Gasteiger partial charge in [0.1, 0.15) is 6.04 Å². The zero-order valence-corrected chi connectivity index (χ0v) is 11.6. The number of nitrogens with zero attached hydrogens (tertiary/aromatic N) is 1. The Kier molecular flexibility index (Phi) is 4.43. The number of carbonyl (C=O) groups excluding carboxylic acids is 1. The minimum Gasteiger partial charge on any atom is -0.480 e. The number of sulfonamides is 1. The first kappa shape index (κ1) is 15.3. The van der Waals surface area contributed by atoms with Crippen molar-refractivity contribution in [2.75, 3.05) is 7.05 Å². The van der Waals surface area contributed by atoms with E-state index in [4.69, 9.17) is 5.11 Å². The topological polar surface area (TPSA) is 91.8 Å². The van der Waals surface area contributed by atoms with Crippen molar-refractivity contribution in [3.05, 3.63) is 29.8 Å². The lowest BCUT2D eigenvalue weighted by Gasteiger charge is -2.21. The first-order chi connectivity index (χ1) is 8.67. The number of likely N-dealkylation sites (N-methyl/N-ethyl adjacent to an activating group) is 1. The van der Waals surface area contributed by atoms with Crippen molar-refractivity contribution >= 4 is 21.8 Å². The molecule has 0 fully saturated rings. The molecule has 1 N–H and O–H groups in total. The Labute approximate surface area is 111 Å². The molecule has 6 nitrogen and oxygen atoms in total. The second-order valence-electron chi connectivity index (χ2n) is 4.12. The van der Waals surface area contributed by atoms with Crippen LogP contribution in [0.1, 0.15) is 24.2 Å². The number of Topliss-reactive ketones (excluding diaryl/α,β-unsaturated/α-hetero) is 1. The summed E-state index contributed by atoms with van der Waals surface area (Å²) >= 11 is 0. The smallest absolute Gasteiger partial charge is 0.321 e. The van der Waals surface area contributed by atoms with E-state index in [1.54, 1.807) is 0 Å². The molecule has 0 aromatic heterocycles. The second-order valence-corrected chi connectivity index (χ2v) is 6.11. The summed E-state index contributed by atoms with van der Waals surface area (Å²) in [5.41, 5.74) is 0.396. The fourth-order valence-electron chi connectivity index (χ4n) is 1.39. The normalized spacial score (nSPS) is 13.3. The molecule has 1 atom stereocenters. The lowest BCUT2D eigenvalue weighted by molar-refractivity contribution is -0.140. The van der Waals surface area contributed by atoms with Gasteiger partial charge in [-0.15, -0.1) is 0 Å². The van der Waals surface area contributed by atoms with E-state index in [0.29, 0.717) is 5.56 Å². The van der Waals surface area contributed by atoms with Crippen molar-refractivity contribution < 1.29 is 23.1 Å². The molecular weight excluding hydrogens is 270 g/mol. The third-order valence-corrected chi connectivity index (χ3v) is 4.78. The van der Waals surface area contributed by atoms with Gasteiger partial charge in [-0.25, -0.2) is 8.42 Å². The molecule has 0 spiro atoms. The number of hydrogen-bond donors (Lipinski definition) is 1. The number of carboxylic acids is 1. The summed E-state index contributed by atoms with van der Waals surface area (Å²) in [4.78, 5) is 21.9. The highest BCUT2D eigenvalue weighted by molar-refractivity contribution is 7.89. The van der Waals surface area contributed by atoms with Gasteiger partial charge in [0.2, 0.25) is 10.0 Å². The highest BCUT2D eigenvalue weighted by Crippen LogP contribution is 2.17. The molecule has 0 aliphatic carbocycles. The van der Waals surface area contributed by atoms with E-state index in [-0.39, 0.29) is 10.7 Å². The second kappa shape index (κ2) is 5.50. The van der Waals surface area contributed by atoms with Gasteiger partial charge in [-0.3, -0.25) is 9.59 Å². The first-order valence-electron chi connectivity index (χ1n) is 5.49. The largest absolute Gasteiger partial charge is 0.480 e. The minimum absolute atomic E-state index is 0.0481. The van der Waals surface area contributed by atoms with Crippen molar-refractivity contribution in [1.82, 2.24) is 4.31 Å². The Bertz CT molecular complexity index is 591. The average molecular weight is 285 g/mol. The van der Waals surface area contributed by atoms with Crippen LogP contribution in [0.5, 0.6) is 0 Å². The lowest BCUT2D eigenvalue weighted by atomic mass is 10.2. The third kappa shape index (κ3) is 3.18. The molecule has 0 aliphatic rings.